The Balaban J connectivity index is 2.32. The summed E-state index contributed by atoms with van der Waals surface area (Å²) in [6, 6.07) is 0. The van der Waals surface area contributed by atoms with Crippen LogP contribution in [0.4, 0.5) is 11.5 Å². The lowest BCUT2D eigenvalue weighted by Crippen LogP contribution is -2.55. The summed E-state index contributed by atoms with van der Waals surface area (Å²) in [6.45, 7) is 8.68. The zero-order valence-corrected chi connectivity index (χ0v) is 13.5. The average Bonchev–Trinajstić information content (AvgIpc) is 2.76. The molecule has 1 fully saturated rings. The van der Waals surface area contributed by atoms with Crippen molar-refractivity contribution in [3.63, 3.8) is 0 Å². The largest absolute Gasteiger partial charge is 0.384 e. The Kier molecular flexibility index (Phi) is 4.38. The number of nitrogens with one attached hydrogen (secondary N) is 1. The van der Waals surface area contributed by atoms with Crippen molar-refractivity contribution in [3.8, 4) is 0 Å². The number of allylic oxidation sites excluding steroid dienone is 1. The van der Waals surface area contributed by atoms with Gasteiger partial charge in [0.05, 0.1) is 46.0 Å². The molecule has 1 saturated heterocycles. The second kappa shape index (κ2) is 5.87. The van der Waals surface area contributed by atoms with Crippen molar-refractivity contribution in [3.05, 3.63) is 11.8 Å². The summed E-state index contributed by atoms with van der Waals surface area (Å²) in [5.74, 6) is 1.10. The van der Waals surface area contributed by atoms with Gasteiger partial charge in [-0.3, -0.25) is 0 Å². The van der Waals surface area contributed by atoms with Crippen LogP contribution in [0.2, 0.25) is 0 Å². The second-order valence-electron chi connectivity index (χ2n) is 6.05. The number of likely N-dealkylation sites (N-methyl/N-ethyl adjacent to an activating group) is 1. The molecule has 0 spiro atoms. The summed E-state index contributed by atoms with van der Waals surface area (Å²) < 4.78 is 3.11. The van der Waals surface area contributed by atoms with Crippen LogP contribution >= 0.6 is 0 Å². The monoisotopic (exact) mass is 278 g/mol. The van der Waals surface area contributed by atoms with Gasteiger partial charge in [0.15, 0.2) is 5.82 Å². The van der Waals surface area contributed by atoms with Crippen LogP contribution in [-0.4, -0.2) is 61.6 Å². The third-order valence-electron chi connectivity index (χ3n) is 4.12. The standard InChI is InChI=1S/C15H28N5/c1-6-8-19-13(7-2)14(16-3)15(17-19)18-9-11-20(4,5)12-10-18/h6,8,16H,7,9-12H2,1-5H3/q+1/b8-6-. The first-order valence-electron chi connectivity index (χ1n) is 7.51. The van der Waals surface area contributed by atoms with Crippen LogP contribution in [0.1, 0.15) is 19.5 Å². The number of hydrogen-bond donors (Lipinski definition) is 1. The Morgan fingerprint density at radius 1 is 1.30 bits per heavy atom. The molecule has 0 aromatic carbocycles. The number of aromatic nitrogens is 2. The highest BCUT2D eigenvalue weighted by Gasteiger charge is 2.28. The highest BCUT2D eigenvalue weighted by atomic mass is 15.4. The van der Waals surface area contributed by atoms with Gasteiger partial charge in [0.1, 0.15) is 5.69 Å². The molecule has 1 aromatic heterocycles. The quantitative estimate of drug-likeness (QED) is 0.854. The number of nitrogens with zero attached hydrogens (tertiary/aromatic N) is 4. The lowest BCUT2D eigenvalue weighted by atomic mass is 10.2. The van der Waals surface area contributed by atoms with Crippen molar-refractivity contribution >= 4 is 17.7 Å². The van der Waals surface area contributed by atoms with E-state index in [-0.39, 0.29) is 0 Å². The van der Waals surface area contributed by atoms with Crippen molar-refractivity contribution in [2.75, 3.05) is 57.5 Å². The molecule has 0 bridgehead atoms. The number of quaternary nitrogens is 1. The minimum absolute atomic E-state index is 0.975. The summed E-state index contributed by atoms with van der Waals surface area (Å²) in [6.07, 6.45) is 5.04. The molecule has 0 saturated carbocycles. The van der Waals surface area contributed by atoms with Gasteiger partial charge in [0, 0.05) is 13.2 Å². The van der Waals surface area contributed by atoms with Gasteiger partial charge in [0.2, 0.25) is 0 Å². The first kappa shape index (κ1) is 14.9. The summed E-state index contributed by atoms with van der Waals surface area (Å²) in [4.78, 5) is 2.41. The molecule has 0 radical (unpaired) electrons. The summed E-state index contributed by atoms with van der Waals surface area (Å²) in [5.41, 5.74) is 2.43. The number of rotatable bonds is 4. The molecular weight excluding hydrogens is 250 g/mol. The summed E-state index contributed by atoms with van der Waals surface area (Å²) in [7, 11) is 6.59. The van der Waals surface area contributed by atoms with Crippen LogP contribution in [0.15, 0.2) is 6.08 Å². The smallest absolute Gasteiger partial charge is 0.175 e. The molecule has 1 aromatic rings. The van der Waals surface area contributed by atoms with Crippen LogP contribution in [0.3, 0.4) is 0 Å². The maximum atomic E-state index is 4.80. The van der Waals surface area contributed by atoms with Crippen LogP contribution < -0.4 is 10.2 Å². The highest BCUT2D eigenvalue weighted by Crippen LogP contribution is 2.30. The van der Waals surface area contributed by atoms with Crippen molar-refractivity contribution in [1.29, 1.82) is 0 Å². The zero-order valence-electron chi connectivity index (χ0n) is 13.5. The van der Waals surface area contributed by atoms with E-state index in [2.05, 4.69) is 31.2 Å². The molecule has 2 rings (SSSR count). The van der Waals surface area contributed by atoms with E-state index >= 15 is 0 Å². The van der Waals surface area contributed by atoms with Crippen LogP contribution in [0, 0.1) is 0 Å². The third kappa shape index (κ3) is 2.82. The number of piperazine rings is 1. The van der Waals surface area contributed by atoms with Gasteiger partial charge in [0.25, 0.3) is 0 Å². The molecule has 112 valence electrons. The van der Waals surface area contributed by atoms with Crippen molar-refractivity contribution in [1.82, 2.24) is 9.78 Å². The van der Waals surface area contributed by atoms with Crippen molar-refractivity contribution < 1.29 is 4.48 Å². The molecular formula is C15H28N5+. The van der Waals surface area contributed by atoms with Gasteiger partial charge >= 0.3 is 0 Å². The molecule has 0 amide bonds. The Hall–Kier alpha value is -1.49. The van der Waals surface area contributed by atoms with Crippen molar-refractivity contribution in [2.45, 2.75) is 20.3 Å². The zero-order chi connectivity index (χ0) is 14.8. The molecule has 20 heavy (non-hydrogen) atoms. The number of hydrogen-bond acceptors (Lipinski definition) is 3. The van der Waals surface area contributed by atoms with Crippen LogP contribution in [0.25, 0.3) is 6.20 Å². The van der Waals surface area contributed by atoms with Gasteiger partial charge in [-0.05, 0) is 13.3 Å². The fraction of sp³-hybridized carbons (Fsp3) is 0.667. The van der Waals surface area contributed by atoms with Gasteiger partial charge < -0.3 is 14.7 Å². The van der Waals surface area contributed by atoms with Gasteiger partial charge in [-0.2, -0.15) is 0 Å². The topological polar surface area (TPSA) is 33.1 Å². The van der Waals surface area contributed by atoms with E-state index in [1.807, 2.05) is 30.9 Å². The second-order valence-corrected chi connectivity index (χ2v) is 6.05. The SMILES string of the molecule is C/C=C\n1nc(N2CC[N+](C)(C)CC2)c(NC)c1CC. The molecule has 0 atom stereocenters. The van der Waals surface area contributed by atoms with E-state index in [1.165, 1.54) is 24.5 Å². The minimum atomic E-state index is 0.975. The molecule has 5 heteroatoms. The van der Waals surface area contributed by atoms with E-state index in [1.54, 1.807) is 0 Å². The number of anilines is 2. The Morgan fingerprint density at radius 3 is 2.45 bits per heavy atom. The first-order valence-corrected chi connectivity index (χ1v) is 7.51. The van der Waals surface area contributed by atoms with Crippen LogP contribution in [-0.2, 0) is 6.42 Å². The van der Waals surface area contributed by atoms with E-state index in [0.29, 0.717) is 0 Å². The van der Waals surface area contributed by atoms with Crippen LogP contribution in [0.5, 0.6) is 0 Å². The Morgan fingerprint density at radius 2 is 1.95 bits per heavy atom. The summed E-state index contributed by atoms with van der Waals surface area (Å²) >= 11 is 0. The fourth-order valence-corrected chi connectivity index (χ4v) is 2.75. The Labute approximate surface area is 122 Å². The van der Waals surface area contributed by atoms with Gasteiger partial charge in [-0.15, -0.1) is 5.10 Å². The first-order chi connectivity index (χ1) is 9.52. The molecule has 1 aliphatic heterocycles. The lowest BCUT2D eigenvalue weighted by Gasteiger charge is -2.39. The average molecular weight is 278 g/mol. The van der Waals surface area contributed by atoms with E-state index in [4.69, 9.17) is 5.10 Å². The van der Waals surface area contributed by atoms with E-state index in [9.17, 15) is 0 Å². The maximum Gasteiger partial charge on any atom is 0.175 e. The van der Waals surface area contributed by atoms with Gasteiger partial charge in [-0.1, -0.05) is 13.0 Å². The van der Waals surface area contributed by atoms with Gasteiger partial charge in [-0.25, -0.2) is 4.68 Å². The maximum absolute atomic E-state index is 4.80. The van der Waals surface area contributed by atoms with E-state index < -0.39 is 0 Å². The molecule has 2 heterocycles. The highest BCUT2D eigenvalue weighted by molar-refractivity contribution is 5.70. The summed E-state index contributed by atoms with van der Waals surface area (Å²) in [5, 5.41) is 8.15. The predicted octanol–water partition coefficient (Wildman–Crippen LogP) is 1.87. The molecule has 1 aliphatic rings. The third-order valence-corrected chi connectivity index (χ3v) is 4.12. The fourth-order valence-electron chi connectivity index (χ4n) is 2.75. The molecule has 0 aliphatic carbocycles. The molecule has 0 unspecified atom stereocenters. The lowest BCUT2D eigenvalue weighted by molar-refractivity contribution is -0.890. The van der Waals surface area contributed by atoms with E-state index in [0.717, 1.165) is 29.8 Å². The van der Waals surface area contributed by atoms with Crippen molar-refractivity contribution in [2.24, 2.45) is 0 Å². The normalized spacial score (nSPS) is 18.8. The predicted molar refractivity (Wildman–Crippen MR) is 86.2 cm³/mol. The molecule has 5 nitrogen and oxygen atoms in total. The molecule has 1 N–H and O–H groups in total. The minimum Gasteiger partial charge on any atom is -0.384 e. The Bertz CT molecular complexity index is 477.